The van der Waals surface area contributed by atoms with Crippen molar-refractivity contribution in [2.24, 2.45) is 0 Å². The van der Waals surface area contributed by atoms with Crippen LogP contribution in [-0.4, -0.2) is 29.1 Å². The standard InChI is InChI=1S/C15H21NO2/c1-12-14-7-3-2-6-13(14)9-11-16(12)10-5-4-8-15(17)18/h2-3,6-7,12H,4-5,8-11H2,1H3,(H,17,18). The molecule has 0 fully saturated rings. The Hall–Kier alpha value is -1.35. The van der Waals surface area contributed by atoms with Crippen molar-refractivity contribution in [3.63, 3.8) is 0 Å². The predicted octanol–water partition coefficient (Wildman–Crippen LogP) is 2.86. The van der Waals surface area contributed by atoms with Gasteiger partial charge in [-0.25, -0.2) is 0 Å². The summed E-state index contributed by atoms with van der Waals surface area (Å²) >= 11 is 0. The topological polar surface area (TPSA) is 40.5 Å². The van der Waals surface area contributed by atoms with E-state index in [0.29, 0.717) is 12.5 Å². The molecule has 1 aliphatic rings. The molecule has 0 saturated heterocycles. The highest BCUT2D eigenvalue weighted by Crippen LogP contribution is 2.29. The number of fused-ring (bicyclic) bond motifs is 1. The number of carboxylic acid groups (broad SMARTS) is 1. The molecule has 3 heteroatoms. The monoisotopic (exact) mass is 247 g/mol. The van der Waals surface area contributed by atoms with Crippen LogP contribution in [0.1, 0.15) is 43.4 Å². The molecule has 1 aromatic carbocycles. The number of aliphatic carboxylic acids is 1. The van der Waals surface area contributed by atoms with E-state index in [1.807, 2.05) is 0 Å². The summed E-state index contributed by atoms with van der Waals surface area (Å²) in [6.07, 6.45) is 3.15. The number of carbonyl (C=O) groups is 1. The second kappa shape index (κ2) is 6.01. The van der Waals surface area contributed by atoms with Gasteiger partial charge in [0.25, 0.3) is 0 Å². The molecule has 1 atom stereocenters. The number of hydrogen-bond donors (Lipinski definition) is 1. The summed E-state index contributed by atoms with van der Waals surface area (Å²) in [5, 5.41) is 8.62. The molecule has 0 radical (unpaired) electrons. The van der Waals surface area contributed by atoms with E-state index in [1.165, 1.54) is 11.1 Å². The Morgan fingerprint density at radius 1 is 1.39 bits per heavy atom. The van der Waals surface area contributed by atoms with Crippen LogP contribution in [0.15, 0.2) is 24.3 Å². The normalized spacial score (nSPS) is 19.5. The van der Waals surface area contributed by atoms with Gasteiger partial charge in [-0.2, -0.15) is 0 Å². The number of unbranched alkanes of at least 4 members (excludes halogenated alkanes) is 1. The fourth-order valence-electron chi connectivity index (χ4n) is 2.72. The largest absolute Gasteiger partial charge is 0.481 e. The third kappa shape index (κ3) is 3.10. The summed E-state index contributed by atoms with van der Waals surface area (Å²) in [5.41, 5.74) is 2.90. The molecule has 0 amide bonds. The van der Waals surface area contributed by atoms with Gasteiger partial charge in [0.1, 0.15) is 0 Å². The molecule has 1 heterocycles. The Kier molecular flexibility index (Phi) is 4.37. The van der Waals surface area contributed by atoms with Gasteiger partial charge in [0.05, 0.1) is 0 Å². The van der Waals surface area contributed by atoms with Gasteiger partial charge in [0, 0.05) is 19.0 Å². The van der Waals surface area contributed by atoms with Gasteiger partial charge >= 0.3 is 5.97 Å². The first-order valence-corrected chi connectivity index (χ1v) is 6.72. The van der Waals surface area contributed by atoms with Crippen LogP contribution in [-0.2, 0) is 11.2 Å². The molecule has 98 valence electrons. The molecule has 0 aromatic heterocycles. The van der Waals surface area contributed by atoms with Gasteiger partial charge in [-0.3, -0.25) is 9.69 Å². The minimum Gasteiger partial charge on any atom is -0.481 e. The van der Waals surface area contributed by atoms with Gasteiger partial charge in [0.2, 0.25) is 0 Å². The van der Waals surface area contributed by atoms with Crippen molar-refractivity contribution in [2.75, 3.05) is 13.1 Å². The molecule has 18 heavy (non-hydrogen) atoms. The highest BCUT2D eigenvalue weighted by Gasteiger charge is 2.22. The van der Waals surface area contributed by atoms with Crippen molar-refractivity contribution in [3.8, 4) is 0 Å². The van der Waals surface area contributed by atoms with Crippen molar-refractivity contribution < 1.29 is 9.90 Å². The van der Waals surface area contributed by atoms with Crippen LogP contribution in [0, 0.1) is 0 Å². The van der Waals surface area contributed by atoms with E-state index in [1.54, 1.807) is 0 Å². The Balaban J connectivity index is 1.87. The molecule has 1 aromatic rings. The van der Waals surface area contributed by atoms with Gasteiger partial charge in [0.15, 0.2) is 0 Å². The zero-order chi connectivity index (χ0) is 13.0. The SMILES string of the molecule is CC1c2ccccc2CCN1CCCCC(=O)O. The summed E-state index contributed by atoms with van der Waals surface area (Å²) in [6.45, 7) is 4.34. The average Bonchev–Trinajstić information content (AvgIpc) is 2.37. The summed E-state index contributed by atoms with van der Waals surface area (Å²) in [6, 6.07) is 9.09. The summed E-state index contributed by atoms with van der Waals surface area (Å²) in [7, 11) is 0. The first kappa shape index (κ1) is 13.1. The van der Waals surface area contributed by atoms with Gasteiger partial charge in [-0.1, -0.05) is 24.3 Å². The number of nitrogens with zero attached hydrogens (tertiary/aromatic N) is 1. The molecule has 1 N–H and O–H groups in total. The lowest BCUT2D eigenvalue weighted by atomic mass is 9.93. The maximum Gasteiger partial charge on any atom is 0.303 e. The van der Waals surface area contributed by atoms with Crippen molar-refractivity contribution in [1.29, 1.82) is 0 Å². The Morgan fingerprint density at radius 3 is 2.94 bits per heavy atom. The van der Waals surface area contributed by atoms with Crippen molar-refractivity contribution in [2.45, 2.75) is 38.6 Å². The number of benzene rings is 1. The fourth-order valence-corrected chi connectivity index (χ4v) is 2.72. The van der Waals surface area contributed by atoms with Crippen LogP contribution in [0.5, 0.6) is 0 Å². The van der Waals surface area contributed by atoms with Gasteiger partial charge in [-0.05, 0) is 43.9 Å². The summed E-state index contributed by atoms with van der Waals surface area (Å²) < 4.78 is 0. The number of hydrogen-bond acceptors (Lipinski definition) is 2. The van der Waals surface area contributed by atoms with Gasteiger partial charge in [-0.15, -0.1) is 0 Å². The second-order valence-electron chi connectivity index (χ2n) is 5.01. The molecular weight excluding hydrogens is 226 g/mol. The fraction of sp³-hybridized carbons (Fsp3) is 0.533. The second-order valence-corrected chi connectivity index (χ2v) is 5.01. The molecule has 0 spiro atoms. The summed E-state index contributed by atoms with van der Waals surface area (Å²) in [4.78, 5) is 12.9. The minimum absolute atomic E-state index is 0.290. The Labute approximate surface area is 108 Å². The molecule has 1 unspecified atom stereocenters. The third-order valence-corrected chi connectivity index (χ3v) is 3.81. The molecule has 0 aliphatic carbocycles. The smallest absolute Gasteiger partial charge is 0.303 e. The maximum atomic E-state index is 10.5. The van der Waals surface area contributed by atoms with E-state index in [0.717, 1.165) is 32.4 Å². The average molecular weight is 247 g/mol. The lowest BCUT2D eigenvalue weighted by Crippen LogP contribution is -2.34. The van der Waals surface area contributed by atoms with Crippen molar-refractivity contribution >= 4 is 5.97 Å². The molecule has 2 rings (SSSR count). The summed E-state index contributed by atoms with van der Waals surface area (Å²) in [5.74, 6) is -0.688. The highest BCUT2D eigenvalue weighted by atomic mass is 16.4. The maximum absolute atomic E-state index is 10.5. The van der Waals surface area contributed by atoms with Crippen LogP contribution in [0.2, 0.25) is 0 Å². The first-order chi connectivity index (χ1) is 8.68. The van der Waals surface area contributed by atoms with Crippen LogP contribution in [0.4, 0.5) is 0 Å². The molecule has 0 bridgehead atoms. The van der Waals surface area contributed by atoms with E-state index in [-0.39, 0.29) is 0 Å². The van der Waals surface area contributed by atoms with E-state index in [9.17, 15) is 4.79 Å². The van der Waals surface area contributed by atoms with Crippen LogP contribution < -0.4 is 0 Å². The van der Waals surface area contributed by atoms with E-state index >= 15 is 0 Å². The van der Waals surface area contributed by atoms with E-state index in [2.05, 4.69) is 36.1 Å². The highest BCUT2D eigenvalue weighted by molar-refractivity contribution is 5.66. The molecule has 3 nitrogen and oxygen atoms in total. The van der Waals surface area contributed by atoms with Crippen molar-refractivity contribution in [1.82, 2.24) is 4.90 Å². The van der Waals surface area contributed by atoms with E-state index in [4.69, 9.17) is 5.11 Å². The molecule has 0 saturated carbocycles. The van der Waals surface area contributed by atoms with Gasteiger partial charge < -0.3 is 5.11 Å². The lowest BCUT2D eigenvalue weighted by Gasteiger charge is -2.35. The van der Waals surface area contributed by atoms with Crippen LogP contribution in [0.3, 0.4) is 0 Å². The lowest BCUT2D eigenvalue weighted by molar-refractivity contribution is -0.137. The van der Waals surface area contributed by atoms with Crippen LogP contribution in [0.25, 0.3) is 0 Å². The third-order valence-electron chi connectivity index (χ3n) is 3.81. The number of carboxylic acids is 1. The first-order valence-electron chi connectivity index (χ1n) is 6.72. The Bertz CT molecular complexity index is 417. The number of rotatable bonds is 5. The predicted molar refractivity (Wildman–Crippen MR) is 71.6 cm³/mol. The van der Waals surface area contributed by atoms with E-state index < -0.39 is 5.97 Å². The van der Waals surface area contributed by atoms with Crippen molar-refractivity contribution in [3.05, 3.63) is 35.4 Å². The van der Waals surface area contributed by atoms with Crippen LogP contribution >= 0.6 is 0 Å². The zero-order valence-electron chi connectivity index (χ0n) is 10.9. The quantitative estimate of drug-likeness (QED) is 0.813. The minimum atomic E-state index is -0.688. The molecular formula is C15H21NO2. The molecule has 1 aliphatic heterocycles. The zero-order valence-corrected chi connectivity index (χ0v) is 10.9. The Morgan fingerprint density at radius 2 is 2.17 bits per heavy atom.